The van der Waals surface area contributed by atoms with Crippen molar-refractivity contribution in [2.24, 2.45) is 0 Å². The molecule has 0 aliphatic carbocycles. The Bertz CT molecular complexity index is 318. The third kappa shape index (κ3) is 3.05. The molecule has 0 fully saturated rings. The van der Waals surface area contributed by atoms with Gasteiger partial charge < -0.3 is 9.84 Å². The summed E-state index contributed by atoms with van der Waals surface area (Å²) < 4.78 is 5.54. The van der Waals surface area contributed by atoms with Gasteiger partial charge in [-0.3, -0.25) is 0 Å². The Kier molecular flexibility index (Phi) is 3.89. The summed E-state index contributed by atoms with van der Waals surface area (Å²) in [6, 6.07) is 7.89. The molecule has 0 bridgehead atoms. The first-order chi connectivity index (χ1) is 6.97. The molecule has 2 heteroatoms. The van der Waals surface area contributed by atoms with Crippen LogP contribution in [0.2, 0.25) is 0 Å². The fourth-order valence-electron chi connectivity index (χ4n) is 1.69. The second kappa shape index (κ2) is 4.77. The molecule has 0 aromatic heterocycles. The minimum absolute atomic E-state index is 0.539. The van der Waals surface area contributed by atoms with Gasteiger partial charge in [-0.2, -0.15) is 0 Å². The Labute approximate surface area is 91.9 Å². The van der Waals surface area contributed by atoms with Gasteiger partial charge in [0.15, 0.2) is 0 Å². The van der Waals surface area contributed by atoms with E-state index >= 15 is 0 Å². The van der Waals surface area contributed by atoms with E-state index in [1.165, 1.54) is 0 Å². The molecule has 0 aliphatic rings. The molecular formula is C13H20O2. The summed E-state index contributed by atoms with van der Waals surface area (Å²) in [4.78, 5) is 0. The number of ether oxygens (including phenoxy) is 1. The first kappa shape index (κ1) is 12.2. The standard InChI is InChI=1S/C13H20O2/c1-5-15-13(3,4)12(14)11-8-6-7-10(2)9-11/h6-9,12,14H,5H2,1-4H3. The van der Waals surface area contributed by atoms with E-state index in [9.17, 15) is 5.11 Å². The Morgan fingerprint density at radius 1 is 1.40 bits per heavy atom. The first-order valence-corrected chi connectivity index (χ1v) is 5.36. The molecule has 2 nitrogen and oxygen atoms in total. The Hall–Kier alpha value is -0.860. The lowest BCUT2D eigenvalue weighted by atomic mass is 9.93. The van der Waals surface area contributed by atoms with Crippen molar-refractivity contribution in [3.05, 3.63) is 35.4 Å². The third-order valence-electron chi connectivity index (χ3n) is 2.53. The van der Waals surface area contributed by atoms with E-state index in [1.807, 2.05) is 52.0 Å². The highest BCUT2D eigenvalue weighted by molar-refractivity contribution is 5.25. The highest BCUT2D eigenvalue weighted by Gasteiger charge is 2.29. The van der Waals surface area contributed by atoms with Crippen LogP contribution in [0.5, 0.6) is 0 Å². The van der Waals surface area contributed by atoms with Gasteiger partial charge in [-0.1, -0.05) is 29.8 Å². The zero-order valence-electron chi connectivity index (χ0n) is 9.95. The van der Waals surface area contributed by atoms with E-state index in [0.717, 1.165) is 11.1 Å². The van der Waals surface area contributed by atoms with Crippen molar-refractivity contribution in [3.8, 4) is 0 Å². The van der Waals surface area contributed by atoms with E-state index in [0.29, 0.717) is 6.61 Å². The van der Waals surface area contributed by atoms with Crippen LogP contribution in [0, 0.1) is 6.92 Å². The molecule has 84 valence electrons. The van der Waals surface area contributed by atoms with Crippen LogP contribution < -0.4 is 0 Å². The molecule has 1 atom stereocenters. The lowest BCUT2D eigenvalue weighted by molar-refractivity contribution is -0.0983. The van der Waals surface area contributed by atoms with Crippen molar-refractivity contribution >= 4 is 0 Å². The van der Waals surface area contributed by atoms with Gasteiger partial charge in [-0.15, -0.1) is 0 Å². The molecule has 0 saturated heterocycles. The van der Waals surface area contributed by atoms with Gasteiger partial charge in [-0.05, 0) is 33.3 Å². The van der Waals surface area contributed by atoms with Crippen molar-refractivity contribution in [2.45, 2.75) is 39.4 Å². The van der Waals surface area contributed by atoms with Crippen LogP contribution in [-0.4, -0.2) is 17.3 Å². The maximum atomic E-state index is 10.2. The topological polar surface area (TPSA) is 29.5 Å². The molecule has 1 unspecified atom stereocenters. The summed E-state index contributed by atoms with van der Waals surface area (Å²) in [5, 5.41) is 10.2. The molecule has 1 rings (SSSR count). The molecule has 1 aromatic rings. The second-order valence-corrected chi connectivity index (χ2v) is 4.35. The maximum Gasteiger partial charge on any atom is 0.107 e. The minimum Gasteiger partial charge on any atom is -0.385 e. The van der Waals surface area contributed by atoms with E-state index < -0.39 is 11.7 Å². The number of aliphatic hydroxyl groups is 1. The average molecular weight is 208 g/mol. The summed E-state index contributed by atoms with van der Waals surface area (Å²) in [7, 11) is 0. The summed E-state index contributed by atoms with van der Waals surface area (Å²) in [5.74, 6) is 0. The molecule has 0 amide bonds. The number of hydrogen-bond donors (Lipinski definition) is 1. The molecular weight excluding hydrogens is 188 g/mol. The summed E-state index contributed by atoms with van der Waals surface area (Å²) >= 11 is 0. The van der Waals surface area contributed by atoms with Gasteiger partial charge in [0.2, 0.25) is 0 Å². The van der Waals surface area contributed by atoms with Crippen molar-refractivity contribution in [1.82, 2.24) is 0 Å². The number of hydrogen-bond acceptors (Lipinski definition) is 2. The second-order valence-electron chi connectivity index (χ2n) is 4.35. The Morgan fingerprint density at radius 2 is 2.07 bits per heavy atom. The smallest absolute Gasteiger partial charge is 0.107 e. The molecule has 0 spiro atoms. The lowest BCUT2D eigenvalue weighted by Gasteiger charge is -2.30. The molecule has 0 saturated carbocycles. The molecule has 15 heavy (non-hydrogen) atoms. The van der Waals surface area contributed by atoms with Crippen LogP contribution >= 0.6 is 0 Å². The van der Waals surface area contributed by atoms with E-state index in [1.54, 1.807) is 0 Å². The average Bonchev–Trinajstić information content (AvgIpc) is 2.16. The maximum absolute atomic E-state index is 10.2. The van der Waals surface area contributed by atoms with Gasteiger partial charge in [0.25, 0.3) is 0 Å². The quantitative estimate of drug-likeness (QED) is 0.824. The minimum atomic E-state index is -0.586. The predicted octanol–water partition coefficient (Wildman–Crippen LogP) is 2.84. The highest BCUT2D eigenvalue weighted by atomic mass is 16.5. The molecule has 1 aromatic carbocycles. The number of benzene rings is 1. The van der Waals surface area contributed by atoms with Gasteiger partial charge in [-0.25, -0.2) is 0 Å². The van der Waals surface area contributed by atoms with Crippen molar-refractivity contribution < 1.29 is 9.84 Å². The summed E-state index contributed by atoms with van der Waals surface area (Å²) in [6.45, 7) is 8.37. The zero-order valence-corrected chi connectivity index (χ0v) is 9.95. The number of rotatable bonds is 4. The van der Waals surface area contributed by atoms with E-state index in [2.05, 4.69) is 0 Å². The van der Waals surface area contributed by atoms with Crippen LogP contribution in [0.15, 0.2) is 24.3 Å². The predicted molar refractivity (Wildman–Crippen MR) is 61.8 cm³/mol. The largest absolute Gasteiger partial charge is 0.385 e. The SMILES string of the molecule is CCOC(C)(C)C(O)c1cccc(C)c1. The van der Waals surface area contributed by atoms with Crippen LogP contribution in [0.25, 0.3) is 0 Å². The highest BCUT2D eigenvalue weighted by Crippen LogP contribution is 2.28. The van der Waals surface area contributed by atoms with Crippen molar-refractivity contribution in [1.29, 1.82) is 0 Å². The normalized spacial score (nSPS) is 13.9. The van der Waals surface area contributed by atoms with Crippen molar-refractivity contribution in [2.75, 3.05) is 6.61 Å². The number of aryl methyl sites for hydroxylation is 1. The fourth-order valence-corrected chi connectivity index (χ4v) is 1.69. The summed E-state index contributed by atoms with van der Waals surface area (Å²) in [5.41, 5.74) is 1.52. The van der Waals surface area contributed by atoms with Crippen molar-refractivity contribution in [3.63, 3.8) is 0 Å². The first-order valence-electron chi connectivity index (χ1n) is 5.36. The Morgan fingerprint density at radius 3 is 2.60 bits per heavy atom. The van der Waals surface area contributed by atoms with Gasteiger partial charge >= 0.3 is 0 Å². The third-order valence-corrected chi connectivity index (χ3v) is 2.53. The van der Waals surface area contributed by atoms with E-state index in [-0.39, 0.29) is 0 Å². The monoisotopic (exact) mass is 208 g/mol. The van der Waals surface area contributed by atoms with E-state index in [4.69, 9.17) is 4.74 Å². The zero-order chi connectivity index (χ0) is 11.5. The van der Waals surface area contributed by atoms with Gasteiger partial charge in [0.1, 0.15) is 6.10 Å². The lowest BCUT2D eigenvalue weighted by Crippen LogP contribution is -2.32. The molecule has 0 aliphatic heterocycles. The molecule has 1 N–H and O–H groups in total. The van der Waals surface area contributed by atoms with Gasteiger partial charge in [0, 0.05) is 6.61 Å². The fraction of sp³-hybridized carbons (Fsp3) is 0.538. The van der Waals surface area contributed by atoms with Crippen LogP contribution in [-0.2, 0) is 4.74 Å². The summed E-state index contributed by atoms with van der Waals surface area (Å²) in [6.07, 6.45) is -0.586. The van der Waals surface area contributed by atoms with Crippen LogP contribution in [0.1, 0.15) is 38.0 Å². The Balaban J connectivity index is 2.88. The van der Waals surface area contributed by atoms with Gasteiger partial charge in [0.05, 0.1) is 5.60 Å². The van der Waals surface area contributed by atoms with Crippen LogP contribution in [0.3, 0.4) is 0 Å². The number of aliphatic hydroxyl groups excluding tert-OH is 1. The molecule has 0 heterocycles. The van der Waals surface area contributed by atoms with Crippen LogP contribution in [0.4, 0.5) is 0 Å². The molecule has 0 radical (unpaired) electrons.